The predicted octanol–water partition coefficient (Wildman–Crippen LogP) is 7.79. The Bertz CT molecular complexity index is 1620. The second-order valence-electron chi connectivity index (χ2n) is 9.06. The van der Waals surface area contributed by atoms with E-state index in [-0.39, 0.29) is 0 Å². The number of hydrogen-bond donors (Lipinski definition) is 0. The normalized spacial score (nSPS) is 13.8. The van der Waals surface area contributed by atoms with Crippen LogP contribution >= 0.6 is 0 Å². The Hall–Kier alpha value is -4.10. The highest BCUT2D eigenvalue weighted by molar-refractivity contribution is 6.12. The molecule has 0 radical (unpaired) electrons. The van der Waals surface area contributed by atoms with E-state index in [1.165, 1.54) is 55.3 Å². The van der Waals surface area contributed by atoms with Crippen LogP contribution in [0.3, 0.4) is 0 Å². The first-order valence-corrected chi connectivity index (χ1v) is 11.6. The van der Waals surface area contributed by atoms with E-state index in [1.807, 2.05) is 0 Å². The summed E-state index contributed by atoms with van der Waals surface area (Å²) >= 11 is 0. The van der Waals surface area contributed by atoms with Crippen molar-refractivity contribution in [2.45, 2.75) is 12.3 Å². The average Bonchev–Trinajstić information content (AvgIpc) is 3.21. The Morgan fingerprint density at radius 3 is 1.91 bits per heavy atom. The van der Waals surface area contributed by atoms with Gasteiger partial charge in [0.2, 0.25) is 0 Å². The zero-order valence-corrected chi connectivity index (χ0v) is 18.5. The van der Waals surface area contributed by atoms with Gasteiger partial charge in [-0.25, -0.2) is 0 Å². The molecule has 0 saturated carbocycles. The van der Waals surface area contributed by atoms with Crippen LogP contribution in [0.15, 0.2) is 121 Å². The van der Waals surface area contributed by atoms with Crippen LogP contribution in [-0.4, -0.2) is 4.57 Å². The lowest BCUT2D eigenvalue weighted by molar-refractivity contribution is 0.728. The molecule has 0 atom stereocenters. The van der Waals surface area contributed by atoms with Crippen molar-refractivity contribution >= 4 is 21.8 Å². The van der Waals surface area contributed by atoms with Gasteiger partial charge in [0.15, 0.2) is 0 Å². The number of nitrogens with zero attached hydrogens (tertiary/aromatic N) is 1. The molecule has 0 spiro atoms. The molecular weight excluding hydrogens is 398 g/mol. The molecule has 0 amide bonds. The van der Waals surface area contributed by atoms with E-state index in [9.17, 15) is 0 Å². The van der Waals surface area contributed by atoms with Crippen LogP contribution in [0.25, 0.3) is 27.5 Å². The van der Waals surface area contributed by atoms with E-state index in [2.05, 4.69) is 133 Å². The molecule has 0 bridgehead atoms. The lowest BCUT2D eigenvalue weighted by Crippen LogP contribution is -2.35. The molecular formula is C32H23N. The Morgan fingerprint density at radius 1 is 0.545 bits per heavy atom. The Labute approximate surface area is 193 Å². The quantitative estimate of drug-likeness (QED) is 0.268. The van der Waals surface area contributed by atoms with Crippen LogP contribution in [0.1, 0.15) is 27.8 Å². The first kappa shape index (κ1) is 18.5. The summed E-state index contributed by atoms with van der Waals surface area (Å²) in [5, 5.41) is 2.63. The third-order valence-corrected chi connectivity index (χ3v) is 7.31. The zero-order valence-electron chi connectivity index (χ0n) is 18.5. The van der Waals surface area contributed by atoms with Crippen molar-refractivity contribution in [3.63, 3.8) is 0 Å². The topological polar surface area (TPSA) is 4.93 Å². The van der Waals surface area contributed by atoms with Crippen molar-refractivity contribution in [2.75, 3.05) is 0 Å². The lowest BCUT2D eigenvalue weighted by Gasteiger charge is -2.41. The maximum atomic E-state index is 2.49. The van der Waals surface area contributed by atoms with E-state index in [4.69, 9.17) is 0 Å². The molecule has 0 unspecified atom stereocenters. The number of benzene rings is 5. The summed E-state index contributed by atoms with van der Waals surface area (Å²) in [4.78, 5) is 0. The number of hydrogen-bond acceptors (Lipinski definition) is 0. The summed E-state index contributed by atoms with van der Waals surface area (Å²) in [6, 6.07) is 44.6. The average molecular weight is 422 g/mol. The fourth-order valence-corrected chi connectivity index (χ4v) is 6.03. The molecule has 7 rings (SSSR count). The van der Waals surface area contributed by atoms with Crippen LogP contribution in [0.5, 0.6) is 0 Å². The standard InChI is InChI=1S/C32H23N/c1-22-19-20-29-26(21-22)25-15-10-17-28-31(25)33(29)30-18-9-8-16-27(30)32(28,23-11-4-2-5-12-23)24-13-6-3-7-14-24/h2-21H,1H3. The number of para-hydroxylation sites is 2. The first-order chi connectivity index (χ1) is 16.3. The van der Waals surface area contributed by atoms with Crippen LogP contribution in [0.4, 0.5) is 0 Å². The summed E-state index contributed by atoms with van der Waals surface area (Å²) in [7, 11) is 0. The number of aryl methyl sites for hydroxylation is 1. The summed E-state index contributed by atoms with van der Waals surface area (Å²) in [5.41, 5.74) is 9.98. The highest BCUT2D eigenvalue weighted by Crippen LogP contribution is 2.53. The monoisotopic (exact) mass is 421 g/mol. The van der Waals surface area contributed by atoms with Gasteiger partial charge in [-0.1, -0.05) is 109 Å². The van der Waals surface area contributed by atoms with Gasteiger partial charge >= 0.3 is 0 Å². The van der Waals surface area contributed by atoms with Crippen molar-refractivity contribution in [2.24, 2.45) is 0 Å². The van der Waals surface area contributed by atoms with Crippen LogP contribution in [0, 0.1) is 6.92 Å². The fourth-order valence-electron chi connectivity index (χ4n) is 6.03. The molecule has 0 N–H and O–H groups in total. The van der Waals surface area contributed by atoms with Crippen molar-refractivity contribution in [1.82, 2.24) is 4.57 Å². The summed E-state index contributed by atoms with van der Waals surface area (Å²) < 4.78 is 2.49. The van der Waals surface area contributed by atoms with Crippen molar-refractivity contribution in [3.8, 4) is 5.69 Å². The van der Waals surface area contributed by atoms with Gasteiger partial charge in [-0.2, -0.15) is 0 Å². The van der Waals surface area contributed by atoms with Gasteiger partial charge in [0.1, 0.15) is 0 Å². The Balaban J connectivity index is 1.78. The maximum absolute atomic E-state index is 2.49. The van der Waals surface area contributed by atoms with E-state index >= 15 is 0 Å². The van der Waals surface area contributed by atoms with Gasteiger partial charge < -0.3 is 4.57 Å². The largest absolute Gasteiger partial charge is 0.309 e. The van der Waals surface area contributed by atoms with E-state index < -0.39 is 5.41 Å². The molecule has 0 saturated heterocycles. The van der Waals surface area contributed by atoms with Crippen molar-refractivity contribution < 1.29 is 0 Å². The van der Waals surface area contributed by atoms with Crippen LogP contribution in [0.2, 0.25) is 0 Å². The molecule has 33 heavy (non-hydrogen) atoms. The SMILES string of the molecule is Cc1ccc2c(c1)c1cccc3c1n2-c1ccccc1C3(c1ccccc1)c1ccccc1. The number of aromatic nitrogens is 1. The molecule has 1 aromatic heterocycles. The van der Waals surface area contributed by atoms with Gasteiger partial charge in [0, 0.05) is 10.8 Å². The van der Waals surface area contributed by atoms with E-state index in [1.54, 1.807) is 0 Å². The van der Waals surface area contributed by atoms with Gasteiger partial charge in [0.25, 0.3) is 0 Å². The van der Waals surface area contributed by atoms with Gasteiger partial charge in [-0.3, -0.25) is 0 Å². The number of rotatable bonds is 2. The van der Waals surface area contributed by atoms with Crippen LogP contribution < -0.4 is 0 Å². The van der Waals surface area contributed by atoms with Crippen molar-refractivity contribution in [3.05, 3.63) is 149 Å². The molecule has 1 nitrogen and oxygen atoms in total. The lowest BCUT2D eigenvalue weighted by atomic mass is 9.63. The number of fused-ring (bicyclic) bond motifs is 5. The smallest absolute Gasteiger partial charge is 0.0742 e. The minimum Gasteiger partial charge on any atom is -0.309 e. The van der Waals surface area contributed by atoms with E-state index in [0.717, 1.165) is 0 Å². The summed E-state index contributed by atoms with van der Waals surface area (Å²) in [6.45, 7) is 2.18. The van der Waals surface area contributed by atoms with Crippen LogP contribution in [-0.2, 0) is 5.41 Å². The second kappa shape index (κ2) is 6.70. The molecule has 6 aromatic rings. The minimum absolute atomic E-state index is 0.391. The predicted molar refractivity (Wildman–Crippen MR) is 137 cm³/mol. The third-order valence-electron chi connectivity index (χ3n) is 7.31. The molecule has 1 aliphatic rings. The molecule has 1 heteroatoms. The zero-order chi connectivity index (χ0) is 22.0. The Morgan fingerprint density at radius 2 is 1.18 bits per heavy atom. The molecule has 5 aromatic carbocycles. The highest BCUT2D eigenvalue weighted by atomic mass is 15.0. The minimum atomic E-state index is -0.391. The van der Waals surface area contributed by atoms with Crippen molar-refractivity contribution in [1.29, 1.82) is 0 Å². The van der Waals surface area contributed by atoms with E-state index in [0.29, 0.717) is 0 Å². The fraction of sp³-hybridized carbons (Fsp3) is 0.0625. The molecule has 2 heterocycles. The Kier molecular flexibility index (Phi) is 3.75. The molecule has 156 valence electrons. The summed E-state index contributed by atoms with van der Waals surface area (Å²) in [5.74, 6) is 0. The second-order valence-corrected chi connectivity index (χ2v) is 9.06. The summed E-state index contributed by atoms with van der Waals surface area (Å²) in [6.07, 6.45) is 0. The van der Waals surface area contributed by atoms with Gasteiger partial charge in [-0.05, 0) is 47.4 Å². The highest BCUT2D eigenvalue weighted by Gasteiger charge is 2.44. The third kappa shape index (κ3) is 2.32. The van der Waals surface area contributed by atoms with Gasteiger partial charge in [-0.15, -0.1) is 0 Å². The first-order valence-electron chi connectivity index (χ1n) is 11.6. The molecule has 0 aliphatic carbocycles. The molecule has 1 aliphatic heterocycles. The molecule has 0 fully saturated rings. The maximum Gasteiger partial charge on any atom is 0.0742 e. The van der Waals surface area contributed by atoms with Gasteiger partial charge in [0.05, 0.1) is 22.1 Å².